The molecule has 0 amide bonds. The average molecular weight is 152 g/mol. The molecule has 60 valence electrons. The highest BCUT2D eigenvalue weighted by Crippen LogP contribution is 2.11. The molecule has 3 heteroatoms. The number of pyridine rings is 1. The zero-order valence-electron chi connectivity index (χ0n) is 6.49. The van der Waals surface area contributed by atoms with Crippen molar-refractivity contribution in [2.24, 2.45) is 5.73 Å². The summed E-state index contributed by atoms with van der Waals surface area (Å²) in [6.45, 7) is 2.12. The predicted molar refractivity (Wildman–Crippen MR) is 43.0 cm³/mol. The number of rotatable bonds is 2. The zero-order valence-corrected chi connectivity index (χ0v) is 6.49. The lowest BCUT2D eigenvalue weighted by Gasteiger charge is -2.08. The summed E-state index contributed by atoms with van der Waals surface area (Å²) in [7, 11) is 0. The van der Waals surface area contributed by atoms with Crippen LogP contribution in [0, 0.1) is 6.92 Å². The van der Waals surface area contributed by atoms with Gasteiger partial charge in [0.1, 0.15) is 6.10 Å². The molecule has 1 aromatic rings. The van der Waals surface area contributed by atoms with Crippen molar-refractivity contribution < 1.29 is 5.11 Å². The van der Waals surface area contributed by atoms with E-state index in [2.05, 4.69) is 4.98 Å². The summed E-state index contributed by atoms with van der Waals surface area (Å²) < 4.78 is 0. The first kappa shape index (κ1) is 8.17. The Kier molecular flexibility index (Phi) is 2.57. The Labute approximate surface area is 65.9 Å². The zero-order chi connectivity index (χ0) is 8.27. The molecule has 0 aliphatic carbocycles. The molecule has 1 atom stereocenters. The van der Waals surface area contributed by atoms with E-state index in [1.807, 2.05) is 19.1 Å². The van der Waals surface area contributed by atoms with Gasteiger partial charge in [-0.2, -0.15) is 0 Å². The van der Waals surface area contributed by atoms with E-state index in [1.165, 1.54) is 0 Å². The molecule has 0 bridgehead atoms. The van der Waals surface area contributed by atoms with Crippen LogP contribution < -0.4 is 5.73 Å². The number of aromatic nitrogens is 1. The van der Waals surface area contributed by atoms with Gasteiger partial charge < -0.3 is 10.8 Å². The van der Waals surface area contributed by atoms with Gasteiger partial charge in [0.25, 0.3) is 0 Å². The van der Waals surface area contributed by atoms with Gasteiger partial charge in [-0.25, -0.2) is 0 Å². The molecule has 0 aromatic carbocycles. The fourth-order valence-corrected chi connectivity index (χ4v) is 0.958. The van der Waals surface area contributed by atoms with Crippen LogP contribution in [-0.2, 0) is 0 Å². The van der Waals surface area contributed by atoms with Crippen LogP contribution in [0.4, 0.5) is 0 Å². The van der Waals surface area contributed by atoms with Crippen LogP contribution in [0.3, 0.4) is 0 Å². The van der Waals surface area contributed by atoms with E-state index in [1.54, 1.807) is 6.20 Å². The second-order valence-corrected chi connectivity index (χ2v) is 2.46. The third kappa shape index (κ3) is 1.76. The van der Waals surface area contributed by atoms with Crippen molar-refractivity contribution >= 4 is 0 Å². The van der Waals surface area contributed by atoms with Crippen LogP contribution in [0.15, 0.2) is 18.3 Å². The SMILES string of the molecule is Cc1cccnc1[C@H](O)CN. The van der Waals surface area contributed by atoms with E-state index in [4.69, 9.17) is 5.73 Å². The van der Waals surface area contributed by atoms with Gasteiger partial charge in [-0.3, -0.25) is 4.98 Å². The normalized spacial score (nSPS) is 13.0. The van der Waals surface area contributed by atoms with Crippen molar-refractivity contribution in [3.63, 3.8) is 0 Å². The van der Waals surface area contributed by atoms with Crippen LogP contribution >= 0.6 is 0 Å². The predicted octanol–water partition coefficient (Wildman–Crippen LogP) is 0.382. The third-order valence-corrected chi connectivity index (χ3v) is 1.59. The lowest BCUT2D eigenvalue weighted by molar-refractivity contribution is 0.181. The number of aliphatic hydroxyl groups excluding tert-OH is 1. The van der Waals surface area contributed by atoms with Gasteiger partial charge in [-0.05, 0) is 18.6 Å². The molecule has 1 heterocycles. The first-order chi connectivity index (χ1) is 5.25. The Bertz CT molecular complexity index is 237. The number of aryl methyl sites for hydroxylation is 1. The summed E-state index contributed by atoms with van der Waals surface area (Å²) in [5.41, 5.74) is 6.94. The minimum absolute atomic E-state index is 0.220. The maximum Gasteiger partial charge on any atom is 0.108 e. The van der Waals surface area contributed by atoms with Gasteiger partial charge in [0.05, 0.1) is 5.69 Å². The second-order valence-electron chi connectivity index (χ2n) is 2.46. The van der Waals surface area contributed by atoms with E-state index in [9.17, 15) is 5.11 Å². The molecule has 11 heavy (non-hydrogen) atoms. The number of hydrogen-bond donors (Lipinski definition) is 2. The fourth-order valence-electron chi connectivity index (χ4n) is 0.958. The summed E-state index contributed by atoms with van der Waals surface area (Å²) in [6.07, 6.45) is 1.03. The molecule has 3 N–H and O–H groups in total. The van der Waals surface area contributed by atoms with Crippen LogP contribution in [0.2, 0.25) is 0 Å². The summed E-state index contributed by atoms with van der Waals surface area (Å²) in [5.74, 6) is 0. The Morgan fingerprint density at radius 2 is 2.45 bits per heavy atom. The molecule has 0 saturated carbocycles. The first-order valence-corrected chi connectivity index (χ1v) is 3.55. The van der Waals surface area contributed by atoms with Crippen molar-refractivity contribution in [3.8, 4) is 0 Å². The van der Waals surface area contributed by atoms with E-state index in [-0.39, 0.29) is 6.54 Å². The Morgan fingerprint density at radius 3 is 3.00 bits per heavy atom. The van der Waals surface area contributed by atoms with Crippen LogP contribution in [0.5, 0.6) is 0 Å². The Balaban J connectivity index is 2.93. The highest BCUT2D eigenvalue weighted by Gasteiger charge is 2.07. The van der Waals surface area contributed by atoms with Gasteiger partial charge >= 0.3 is 0 Å². The van der Waals surface area contributed by atoms with Crippen molar-refractivity contribution in [1.82, 2.24) is 4.98 Å². The number of hydrogen-bond acceptors (Lipinski definition) is 3. The van der Waals surface area contributed by atoms with Crippen molar-refractivity contribution in [2.75, 3.05) is 6.54 Å². The van der Waals surface area contributed by atoms with Gasteiger partial charge in [-0.1, -0.05) is 6.07 Å². The van der Waals surface area contributed by atoms with Crippen LogP contribution in [0.1, 0.15) is 17.4 Å². The smallest absolute Gasteiger partial charge is 0.108 e. The molecule has 3 nitrogen and oxygen atoms in total. The highest BCUT2D eigenvalue weighted by atomic mass is 16.3. The number of nitrogens with two attached hydrogens (primary N) is 1. The summed E-state index contributed by atoms with van der Waals surface area (Å²) in [5, 5.41) is 9.32. The number of nitrogens with zero attached hydrogens (tertiary/aromatic N) is 1. The molecular weight excluding hydrogens is 140 g/mol. The van der Waals surface area contributed by atoms with Crippen molar-refractivity contribution in [1.29, 1.82) is 0 Å². The topological polar surface area (TPSA) is 59.1 Å². The summed E-state index contributed by atoms with van der Waals surface area (Å²) >= 11 is 0. The van der Waals surface area contributed by atoms with Gasteiger partial charge in [-0.15, -0.1) is 0 Å². The first-order valence-electron chi connectivity index (χ1n) is 3.55. The highest BCUT2D eigenvalue weighted by molar-refractivity contribution is 5.19. The molecule has 0 spiro atoms. The minimum Gasteiger partial charge on any atom is -0.385 e. The van der Waals surface area contributed by atoms with Crippen molar-refractivity contribution in [2.45, 2.75) is 13.0 Å². The van der Waals surface area contributed by atoms with E-state index in [0.29, 0.717) is 5.69 Å². The van der Waals surface area contributed by atoms with Crippen molar-refractivity contribution in [3.05, 3.63) is 29.6 Å². The Morgan fingerprint density at radius 1 is 1.73 bits per heavy atom. The fraction of sp³-hybridized carbons (Fsp3) is 0.375. The molecule has 1 aromatic heterocycles. The van der Waals surface area contributed by atoms with Crippen LogP contribution in [-0.4, -0.2) is 16.6 Å². The molecule has 0 radical (unpaired) electrons. The van der Waals surface area contributed by atoms with Crippen LogP contribution in [0.25, 0.3) is 0 Å². The molecule has 0 aliphatic rings. The maximum atomic E-state index is 9.32. The van der Waals surface area contributed by atoms with Gasteiger partial charge in [0.2, 0.25) is 0 Å². The van der Waals surface area contributed by atoms with Gasteiger partial charge in [0, 0.05) is 12.7 Å². The standard InChI is InChI=1S/C8H12N2O/c1-6-3-2-4-10-8(6)7(11)5-9/h2-4,7,11H,5,9H2,1H3/t7-/m1/s1. The molecular formula is C8H12N2O. The molecule has 1 rings (SSSR count). The summed E-state index contributed by atoms with van der Waals surface area (Å²) in [6, 6.07) is 3.74. The van der Waals surface area contributed by atoms with Gasteiger partial charge in [0.15, 0.2) is 0 Å². The third-order valence-electron chi connectivity index (χ3n) is 1.59. The average Bonchev–Trinajstić information content (AvgIpc) is 2.04. The second kappa shape index (κ2) is 3.46. The number of aliphatic hydroxyl groups is 1. The molecule has 0 aliphatic heterocycles. The van der Waals surface area contributed by atoms with E-state index >= 15 is 0 Å². The largest absolute Gasteiger partial charge is 0.385 e. The van der Waals surface area contributed by atoms with E-state index < -0.39 is 6.10 Å². The lowest BCUT2D eigenvalue weighted by atomic mass is 10.1. The maximum absolute atomic E-state index is 9.32. The lowest BCUT2D eigenvalue weighted by Crippen LogP contribution is -2.13. The molecule has 0 unspecified atom stereocenters. The van der Waals surface area contributed by atoms with E-state index in [0.717, 1.165) is 5.56 Å². The minimum atomic E-state index is -0.629. The summed E-state index contributed by atoms with van der Waals surface area (Å²) in [4.78, 5) is 4.02. The quantitative estimate of drug-likeness (QED) is 0.644. The monoisotopic (exact) mass is 152 g/mol. The molecule has 0 fully saturated rings. The Hall–Kier alpha value is -0.930. The molecule has 0 saturated heterocycles.